The molecule has 1 unspecified atom stereocenters. The van der Waals surface area contributed by atoms with E-state index in [9.17, 15) is 9.59 Å². The van der Waals surface area contributed by atoms with Crippen LogP contribution in [0.2, 0.25) is 0 Å². The Morgan fingerprint density at radius 3 is 2.28 bits per heavy atom. The molecule has 0 radical (unpaired) electrons. The fraction of sp³-hybridized carbons (Fsp3) is 0.364. The van der Waals surface area contributed by atoms with Crippen molar-refractivity contribution >= 4 is 29.9 Å². The van der Waals surface area contributed by atoms with Gasteiger partial charge < -0.3 is 21.1 Å². The van der Waals surface area contributed by atoms with Gasteiger partial charge in [-0.05, 0) is 42.2 Å². The van der Waals surface area contributed by atoms with Crippen molar-refractivity contribution in [2.45, 2.75) is 39.2 Å². The third-order valence-electron chi connectivity index (χ3n) is 4.26. The van der Waals surface area contributed by atoms with Gasteiger partial charge in [0, 0.05) is 13.1 Å². The Bertz CT molecular complexity index is 817. The molecule has 0 aromatic heterocycles. The van der Waals surface area contributed by atoms with E-state index in [1.807, 2.05) is 24.3 Å². The summed E-state index contributed by atoms with van der Waals surface area (Å²) < 4.78 is 5.75. The molecule has 2 amide bonds. The molecule has 2 aromatic rings. The summed E-state index contributed by atoms with van der Waals surface area (Å²) in [6.07, 6.45) is -0.722. The summed E-state index contributed by atoms with van der Waals surface area (Å²) in [6.45, 7) is 8.80. The van der Waals surface area contributed by atoms with Crippen LogP contribution in [0.25, 0.3) is 0 Å². The van der Waals surface area contributed by atoms with Crippen LogP contribution in [0.5, 0.6) is 5.75 Å². The minimum absolute atomic E-state index is 0. The van der Waals surface area contributed by atoms with E-state index in [1.165, 1.54) is 5.56 Å². The number of para-hydroxylation sites is 1. The van der Waals surface area contributed by atoms with Gasteiger partial charge in [-0.25, -0.2) is 0 Å². The lowest BCUT2D eigenvalue weighted by Crippen LogP contribution is -2.33. The summed E-state index contributed by atoms with van der Waals surface area (Å²) in [5, 5.41) is 5.47. The molecular weight excluding hydrogens is 390 g/mol. The quantitative estimate of drug-likeness (QED) is 0.640. The Labute approximate surface area is 178 Å². The smallest absolute Gasteiger partial charge is 0.265 e. The second-order valence-electron chi connectivity index (χ2n) is 7.61. The van der Waals surface area contributed by atoms with Crippen LogP contribution in [-0.2, 0) is 10.2 Å². The number of carbonyl (C=O) groups excluding carboxylic acids is 2. The number of anilines is 1. The first-order valence-electron chi connectivity index (χ1n) is 9.37. The third-order valence-corrected chi connectivity index (χ3v) is 4.26. The number of amides is 2. The van der Waals surface area contributed by atoms with Gasteiger partial charge in [0.1, 0.15) is 5.75 Å². The van der Waals surface area contributed by atoms with E-state index in [0.717, 1.165) is 0 Å². The molecule has 2 aromatic carbocycles. The summed E-state index contributed by atoms with van der Waals surface area (Å²) in [6, 6.07) is 14.5. The Morgan fingerprint density at radius 2 is 1.69 bits per heavy atom. The second kappa shape index (κ2) is 10.8. The summed E-state index contributed by atoms with van der Waals surface area (Å²) in [4.78, 5) is 24.8. The zero-order chi connectivity index (χ0) is 20.7. The number of benzene rings is 2. The average Bonchev–Trinajstić information content (AvgIpc) is 2.66. The van der Waals surface area contributed by atoms with Crippen molar-refractivity contribution in [2.24, 2.45) is 5.73 Å². The van der Waals surface area contributed by atoms with Crippen molar-refractivity contribution in [3.05, 3.63) is 59.7 Å². The third kappa shape index (κ3) is 7.07. The predicted molar refractivity (Wildman–Crippen MR) is 119 cm³/mol. The summed E-state index contributed by atoms with van der Waals surface area (Å²) >= 11 is 0. The fourth-order valence-electron chi connectivity index (χ4n) is 2.60. The van der Waals surface area contributed by atoms with Crippen LogP contribution in [-0.4, -0.2) is 31.0 Å². The van der Waals surface area contributed by atoms with Gasteiger partial charge in [-0.15, -0.1) is 12.4 Å². The summed E-state index contributed by atoms with van der Waals surface area (Å²) in [5.41, 5.74) is 7.47. The molecule has 0 aliphatic rings. The van der Waals surface area contributed by atoms with Crippen molar-refractivity contribution in [2.75, 3.05) is 18.4 Å². The second-order valence-corrected chi connectivity index (χ2v) is 7.61. The summed E-state index contributed by atoms with van der Waals surface area (Å²) in [5.74, 6) is -0.00344. The van der Waals surface area contributed by atoms with Crippen molar-refractivity contribution < 1.29 is 14.3 Å². The van der Waals surface area contributed by atoms with E-state index in [0.29, 0.717) is 30.1 Å². The highest BCUT2D eigenvalue weighted by Gasteiger charge is 2.19. The van der Waals surface area contributed by atoms with E-state index < -0.39 is 6.10 Å². The maximum atomic E-state index is 12.5. The molecule has 0 aliphatic carbocycles. The van der Waals surface area contributed by atoms with Gasteiger partial charge in [0.25, 0.3) is 11.8 Å². The van der Waals surface area contributed by atoms with E-state index in [2.05, 4.69) is 31.4 Å². The first-order valence-corrected chi connectivity index (χ1v) is 9.37. The summed E-state index contributed by atoms with van der Waals surface area (Å²) in [7, 11) is 0. The molecule has 4 N–H and O–H groups in total. The number of nitrogens with two attached hydrogens (primary N) is 1. The molecule has 0 bridgehead atoms. The molecule has 0 saturated carbocycles. The largest absolute Gasteiger partial charge is 0.481 e. The predicted octanol–water partition coefficient (Wildman–Crippen LogP) is 3.50. The van der Waals surface area contributed by atoms with Crippen LogP contribution >= 0.6 is 12.4 Å². The lowest BCUT2D eigenvalue weighted by atomic mass is 9.87. The van der Waals surface area contributed by atoms with Crippen molar-refractivity contribution in [3.8, 4) is 5.75 Å². The fourth-order valence-corrected chi connectivity index (χ4v) is 2.60. The first kappa shape index (κ1) is 24.5. The number of ether oxygens (including phenoxy) is 1. The molecule has 0 saturated heterocycles. The number of rotatable bonds is 7. The Hall–Kier alpha value is -2.57. The Morgan fingerprint density at radius 1 is 1.07 bits per heavy atom. The maximum Gasteiger partial charge on any atom is 0.265 e. The van der Waals surface area contributed by atoms with Crippen LogP contribution in [0.15, 0.2) is 48.5 Å². The van der Waals surface area contributed by atoms with Gasteiger partial charge in [0.05, 0.1) is 11.3 Å². The lowest BCUT2D eigenvalue weighted by molar-refractivity contribution is -0.122. The normalized spacial score (nSPS) is 11.8. The van der Waals surface area contributed by atoms with Crippen molar-refractivity contribution in [3.63, 3.8) is 0 Å². The minimum atomic E-state index is -0.722. The van der Waals surface area contributed by atoms with Crippen LogP contribution < -0.4 is 21.1 Å². The topological polar surface area (TPSA) is 93.4 Å². The standard InChI is InChI=1S/C22H29N3O3.ClH/c1-15(28-17-11-9-16(10-12-17)22(2,3)4)20(26)25-19-8-6-5-7-18(19)21(27)24-14-13-23;/h5-12,15H,13-14,23H2,1-4H3,(H,24,27)(H,25,26);1H. The molecule has 1 atom stereocenters. The Kier molecular flexibility index (Phi) is 9.14. The monoisotopic (exact) mass is 419 g/mol. The molecule has 0 heterocycles. The van der Waals surface area contributed by atoms with Crippen LogP contribution in [0.1, 0.15) is 43.6 Å². The molecule has 0 fully saturated rings. The van der Waals surface area contributed by atoms with Gasteiger partial charge in [-0.1, -0.05) is 45.0 Å². The van der Waals surface area contributed by atoms with Crippen molar-refractivity contribution in [1.82, 2.24) is 5.32 Å². The van der Waals surface area contributed by atoms with Gasteiger partial charge >= 0.3 is 0 Å². The van der Waals surface area contributed by atoms with E-state index >= 15 is 0 Å². The molecule has 0 aliphatic heterocycles. The molecule has 158 valence electrons. The SMILES string of the molecule is CC(Oc1ccc(C(C)(C)C)cc1)C(=O)Nc1ccccc1C(=O)NCCN.Cl. The van der Waals surface area contributed by atoms with Gasteiger partial charge in [-0.3, -0.25) is 9.59 Å². The highest BCUT2D eigenvalue weighted by Crippen LogP contribution is 2.25. The molecule has 29 heavy (non-hydrogen) atoms. The van der Waals surface area contributed by atoms with Gasteiger partial charge in [0.15, 0.2) is 6.10 Å². The first-order chi connectivity index (χ1) is 13.2. The molecule has 2 rings (SSSR count). The highest BCUT2D eigenvalue weighted by molar-refractivity contribution is 6.04. The Balaban J connectivity index is 0.00000420. The van der Waals surface area contributed by atoms with Gasteiger partial charge in [-0.2, -0.15) is 0 Å². The number of halogens is 1. The molecule has 7 heteroatoms. The zero-order valence-electron chi connectivity index (χ0n) is 17.3. The number of nitrogens with one attached hydrogen (secondary N) is 2. The lowest BCUT2D eigenvalue weighted by Gasteiger charge is -2.20. The van der Waals surface area contributed by atoms with Crippen LogP contribution in [0.4, 0.5) is 5.69 Å². The minimum Gasteiger partial charge on any atom is -0.481 e. The zero-order valence-corrected chi connectivity index (χ0v) is 18.1. The van der Waals surface area contributed by atoms with Crippen LogP contribution in [0, 0.1) is 0 Å². The maximum absolute atomic E-state index is 12.5. The number of hydrogen-bond acceptors (Lipinski definition) is 4. The molecule has 0 spiro atoms. The van der Waals surface area contributed by atoms with E-state index in [-0.39, 0.29) is 29.6 Å². The highest BCUT2D eigenvalue weighted by atomic mass is 35.5. The van der Waals surface area contributed by atoms with E-state index in [4.69, 9.17) is 10.5 Å². The molecular formula is C22H30ClN3O3. The van der Waals surface area contributed by atoms with Gasteiger partial charge in [0.2, 0.25) is 0 Å². The average molecular weight is 420 g/mol. The van der Waals surface area contributed by atoms with Crippen molar-refractivity contribution in [1.29, 1.82) is 0 Å². The molecule has 6 nitrogen and oxygen atoms in total. The van der Waals surface area contributed by atoms with E-state index in [1.54, 1.807) is 31.2 Å². The number of carbonyl (C=O) groups is 2. The number of hydrogen-bond donors (Lipinski definition) is 3. The van der Waals surface area contributed by atoms with Crippen LogP contribution in [0.3, 0.4) is 0 Å².